The molecule has 1 aromatic carbocycles. The van der Waals surface area contributed by atoms with Crippen molar-refractivity contribution >= 4 is 12.0 Å². The molecule has 1 aliphatic heterocycles. The van der Waals surface area contributed by atoms with Crippen molar-refractivity contribution in [2.45, 2.75) is 50.9 Å². The van der Waals surface area contributed by atoms with Crippen LogP contribution in [0, 0.1) is 11.3 Å². The normalized spacial score (nSPS) is 27.0. The Bertz CT molecular complexity index is 732. The number of amides is 1. The highest BCUT2D eigenvalue weighted by atomic mass is 19.4. The number of rotatable bonds is 5. The lowest BCUT2D eigenvalue weighted by molar-refractivity contribution is -0.194. The zero-order valence-electron chi connectivity index (χ0n) is 15.4. The molecule has 3 nitrogen and oxygen atoms in total. The number of carbonyl (C=O) groups excluding carboxylic acids is 1. The molecule has 1 N–H and O–H groups in total. The monoisotopic (exact) mass is 378 g/mol. The molecule has 2 unspecified atom stereocenters. The molecule has 2 atom stereocenters. The lowest BCUT2D eigenvalue weighted by atomic mass is 9.61. The van der Waals surface area contributed by atoms with Crippen LogP contribution in [-0.4, -0.2) is 42.2 Å². The van der Waals surface area contributed by atoms with Crippen molar-refractivity contribution in [1.82, 2.24) is 10.2 Å². The molecule has 2 aliphatic carbocycles. The van der Waals surface area contributed by atoms with Crippen LogP contribution in [0.5, 0.6) is 0 Å². The average molecular weight is 378 g/mol. The van der Waals surface area contributed by atoms with Gasteiger partial charge in [-0.3, -0.25) is 4.79 Å². The molecule has 1 saturated heterocycles. The third-order valence-electron chi connectivity index (χ3n) is 6.36. The topological polar surface area (TPSA) is 32.3 Å². The highest BCUT2D eigenvalue weighted by Gasteiger charge is 2.59. The Labute approximate surface area is 157 Å². The Kier molecular flexibility index (Phi) is 4.57. The Morgan fingerprint density at radius 2 is 1.93 bits per heavy atom. The van der Waals surface area contributed by atoms with E-state index in [0.717, 1.165) is 30.6 Å². The Morgan fingerprint density at radius 1 is 1.26 bits per heavy atom. The molecule has 1 spiro atoms. The largest absolute Gasteiger partial charge is 0.471 e. The van der Waals surface area contributed by atoms with Crippen LogP contribution in [0.4, 0.5) is 13.2 Å². The second-order valence-corrected chi connectivity index (χ2v) is 8.27. The fourth-order valence-corrected chi connectivity index (χ4v) is 4.76. The highest BCUT2D eigenvalue weighted by molar-refractivity contribution is 5.83. The van der Waals surface area contributed by atoms with Crippen LogP contribution in [-0.2, 0) is 4.79 Å². The van der Waals surface area contributed by atoms with Gasteiger partial charge in [0.2, 0.25) is 0 Å². The number of nitrogens with zero attached hydrogens (tertiary/aromatic N) is 1. The average Bonchev–Trinajstić information content (AvgIpc) is 3.33. The van der Waals surface area contributed by atoms with Gasteiger partial charge in [-0.2, -0.15) is 13.2 Å². The van der Waals surface area contributed by atoms with E-state index in [1.807, 2.05) is 37.3 Å². The fourth-order valence-electron chi connectivity index (χ4n) is 4.76. The van der Waals surface area contributed by atoms with E-state index in [9.17, 15) is 18.0 Å². The van der Waals surface area contributed by atoms with Gasteiger partial charge in [0.1, 0.15) is 0 Å². The van der Waals surface area contributed by atoms with Gasteiger partial charge in [-0.05, 0) is 36.7 Å². The molecule has 1 aromatic rings. The van der Waals surface area contributed by atoms with Gasteiger partial charge in [-0.25, -0.2) is 0 Å². The summed E-state index contributed by atoms with van der Waals surface area (Å²) in [5.74, 6) is -1.62. The lowest BCUT2D eigenvalue weighted by Gasteiger charge is -2.57. The van der Waals surface area contributed by atoms with E-state index in [2.05, 4.69) is 11.4 Å². The predicted molar refractivity (Wildman–Crippen MR) is 97.8 cm³/mol. The number of carbonyl (C=O) groups is 1. The van der Waals surface area contributed by atoms with E-state index >= 15 is 0 Å². The number of alkyl halides is 3. The van der Waals surface area contributed by atoms with Crippen molar-refractivity contribution in [1.29, 1.82) is 0 Å². The maximum absolute atomic E-state index is 13.2. The van der Waals surface area contributed by atoms with Crippen LogP contribution in [0.1, 0.15) is 38.2 Å². The van der Waals surface area contributed by atoms with E-state index in [1.165, 1.54) is 4.90 Å². The molecular formula is C21H25F3N2O. The van der Waals surface area contributed by atoms with Gasteiger partial charge in [0, 0.05) is 31.1 Å². The number of nitrogens with one attached hydrogen (secondary N) is 1. The first-order chi connectivity index (χ1) is 12.8. The van der Waals surface area contributed by atoms with Crippen LogP contribution in [0.2, 0.25) is 0 Å². The summed E-state index contributed by atoms with van der Waals surface area (Å²) >= 11 is 0. The van der Waals surface area contributed by atoms with Crippen molar-refractivity contribution in [3.8, 4) is 0 Å². The first-order valence-corrected chi connectivity index (χ1v) is 9.69. The first kappa shape index (κ1) is 18.5. The summed E-state index contributed by atoms with van der Waals surface area (Å²) in [5.41, 5.74) is 2.31. The summed E-state index contributed by atoms with van der Waals surface area (Å²) in [7, 11) is 0. The Morgan fingerprint density at radius 3 is 2.44 bits per heavy atom. The zero-order chi connectivity index (χ0) is 19.2. The van der Waals surface area contributed by atoms with Crippen molar-refractivity contribution < 1.29 is 18.0 Å². The van der Waals surface area contributed by atoms with E-state index in [1.54, 1.807) is 0 Å². The van der Waals surface area contributed by atoms with Gasteiger partial charge in [0.25, 0.3) is 0 Å². The molecule has 4 rings (SSSR count). The van der Waals surface area contributed by atoms with E-state index in [0.29, 0.717) is 19.3 Å². The van der Waals surface area contributed by atoms with Crippen LogP contribution in [0.25, 0.3) is 6.08 Å². The number of hydrogen-bond acceptors (Lipinski definition) is 2. The molecule has 1 heterocycles. The smallest absolute Gasteiger partial charge is 0.328 e. The molecular weight excluding hydrogens is 353 g/mol. The minimum atomic E-state index is -4.80. The summed E-state index contributed by atoms with van der Waals surface area (Å²) < 4.78 is 39.7. The van der Waals surface area contributed by atoms with Crippen molar-refractivity contribution in [3.05, 3.63) is 41.5 Å². The van der Waals surface area contributed by atoms with E-state index in [4.69, 9.17) is 0 Å². The van der Waals surface area contributed by atoms with Crippen molar-refractivity contribution in [2.75, 3.05) is 13.1 Å². The molecule has 1 amide bonds. The molecule has 0 aromatic heterocycles. The van der Waals surface area contributed by atoms with Gasteiger partial charge in [0.05, 0.1) is 0 Å². The summed E-state index contributed by atoms with van der Waals surface area (Å²) in [6.07, 6.45) is 0.0603. The first-order valence-electron chi connectivity index (χ1n) is 9.69. The third kappa shape index (κ3) is 3.51. The van der Waals surface area contributed by atoms with Gasteiger partial charge in [0.15, 0.2) is 0 Å². The fraction of sp³-hybridized carbons (Fsp3) is 0.571. The van der Waals surface area contributed by atoms with Crippen molar-refractivity contribution in [2.24, 2.45) is 11.3 Å². The molecule has 0 radical (unpaired) electrons. The predicted octanol–water partition coefficient (Wildman–Crippen LogP) is 4.01. The number of halogens is 3. The SMILES string of the molecule is CC/C(=C\c1ccccc1)C1CC1N(C(=O)C(F)(F)F)C1CC2(CNC2)C1. The Balaban J connectivity index is 1.51. The van der Waals surface area contributed by atoms with Gasteiger partial charge < -0.3 is 10.2 Å². The standard InChI is InChI=1S/C21H25F3N2O/c1-2-15(8-14-6-4-3-5-7-14)17-9-18(17)26(19(27)21(22,23)24)16-10-20(11-16)12-25-13-20/h3-8,16-18,25H,2,9-13H2,1H3/b15-8+. The molecule has 2 saturated carbocycles. The molecule has 3 fully saturated rings. The second kappa shape index (κ2) is 6.66. The van der Waals surface area contributed by atoms with E-state index in [-0.39, 0.29) is 23.4 Å². The summed E-state index contributed by atoms with van der Waals surface area (Å²) in [5, 5.41) is 3.20. The molecule has 0 bridgehead atoms. The van der Waals surface area contributed by atoms with E-state index < -0.39 is 12.1 Å². The summed E-state index contributed by atoms with van der Waals surface area (Å²) in [6.45, 7) is 3.75. The second-order valence-electron chi connectivity index (χ2n) is 8.27. The van der Waals surface area contributed by atoms with Crippen LogP contribution in [0.3, 0.4) is 0 Å². The quantitative estimate of drug-likeness (QED) is 0.840. The number of benzene rings is 1. The highest BCUT2D eigenvalue weighted by Crippen LogP contribution is 2.52. The lowest BCUT2D eigenvalue weighted by Crippen LogP contribution is -2.67. The zero-order valence-corrected chi connectivity index (χ0v) is 15.4. The maximum atomic E-state index is 13.2. The van der Waals surface area contributed by atoms with Gasteiger partial charge >= 0.3 is 12.1 Å². The minimum absolute atomic E-state index is 0.0394. The molecule has 146 valence electrons. The van der Waals surface area contributed by atoms with Crippen LogP contribution < -0.4 is 5.32 Å². The molecule has 3 aliphatic rings. The summed E-state index contributed by atoms with van der Waals surface area (Å²) in [6, 6.07) is 9.23. The minimum Gasteiger partial charge on any atom is -0.328 e. The van der Waals surface area contributed by atoms with Crippen molar-refractivity contribution in [3.63, 3.8) is 0 Å². The third-order valence-corrected chi connectivity index (χ3v) is 6.36. The maximum Gasteiger partial charge on any atom is 0.471 e. The number of hydrogen-bond donors (Lipinski definition) is 1. The summed E-state index contributed by atoms with van der Waals surface area (Å²) in [4.78, 5) is 13.4. The van der Waals surface area contributed by atoms with Gasteiger partial charge in [-0.1, -0.05) is 48.9 Å². The Hall–Kier alpha value is -1.82. The molecule has 6 heteroatoms. The molecule has 27 heavy (non-hydrogen) atoms. The van der Waals surface area contributed by atoms with Crippen LogP contribution >= 0.6 is 0 Å². The van der Waals surface area contributed by atoms with Gasteiger partial charge in [-0.15, -0.1) is 0 Å². The van der Waals surface area contributed by atoms with Crippen LogP contribution in [0.15, 0.2) is 35.9 Å².